The monoisotopic (exact) mass is 486 g/mol. The summed E-state index contributed by atoms with van der Waals surface area (Å²) in [6, 6.07) is 11.2. The summed E-state index contributed by atoms with van der Waals surface area (Å²) in [5, 5.41) is 10.3. The number of phenols is 1. The summed E-state index contributed by atoms with van der Waals surface area (Å²) in [5.41, 5.74) is 2.02. The van der Waals surface area contributed by atoms with Crippen LogP contribution in [0.4, 0.5) is 0 Å². The number of benzene rings is 2. The standard InChI is InChI=1S/C27H35ClN2O4/c1-19(2)15-30(17-21-13-24(28)26-25(14-21)33-10-5-11-34-26)27(32)22-7-4-9-29(18-22)16-20-6-3-8-23(31)12-20/h3,6,8,12-14,19,22,31H,4-5,7,9-11,15-18H2,1-2H3/t22-/m1/s1. The van der Waals surface area contributed by atoms with E-state index in [1.807, 2.05) is 29.2 Å². The van der Waals surface area contributed by atoms with Crippen molar-refractivity contribution >= 4 is 17.5 Å². The number of likely N-dealkylation sites (tertiary alicyclic amines) is 1. The van der Waals surface area contributed by atoms with Crippen LogP contribution in [0.25, 0.3) is 0 Å². The van der Waals surface area contributed by atoms with Gasteiger partial charge in [-0.1, -0.05) is 37.6 Å². The highest BCUT2D eigenvalue weighted by molar-refractivity contribution is 6.32. The Labute approximate surface area is 207 Å². The second kappa shape index (κ2) is 11.3. The molecule has 1 fully saturated rings. The molecule has 0 aromatic heterocycles. The van der Waals surface area contributed by atoms with Crippen molar-refractivity contribution in [2.45, 2.75) is 46.2 Å². The van der Waals surface area contributed by atoms with Crippen LogP contribution < -0.4 is 9.47 Å². The van der Waals surface area contributed by atoms with Gasteiger partial charge in [-0.25, -0.2) is 0 Å². The van der Waals surface area contributed by atoms with E-state index in [0.29, 0.717) is 48.7 Å². The van der Waals surface area contributed by atoms with Gasteiger partial charge in [0, 0.05) is 32.6 Å². The molecule has 1 atom stereocenters. The lowest BCUT2D eigenvalue weighted by molar-refractivity contribution is -0.138. The maximum atomic E-state index is 13.7. The van der Waals surface area contributed by atoms with Crippen molar-refractivity contribution in [1.82, 2.24) is 9.80 Å². The smallest absolute Gasteiger partial charge is 0.227 e. The Kier molecular flexibility index (Phi) is 8.22. The number of nitrogens with zero attached hydrogens (tertiary/aromatic N) is 2. The van der Waals surface area contributed by atoms with Gasteiger partial charge in [-0.05, 0) is 60.7 Å². The number of amides is 1. The minimum Gasteiger partial charge on any atom is -0.508 e. The molecular formula is C27H35ClN2O4. The van der Waals surface area contributed by atoms with Gasteiger partial charge in [0.05, 0.1) is 24.2 Å². The van der Waals surface area contributed by atoms with Crippen molar-refractivity contribution in [3.8, 4) is 17.2 Å². The normalized spacial score (nSPS) is 18.5. The SMILES string of the molecule is CC(C)CN(Cc1cc(Cl)c2c(c1)OCCCO2)C(=O)[C@@H]1CCCN(Cc2cccc(O)c2)C1. The summed E-state index contributed by atoms with van der Waals surface area (Å²) in [6.07, 6.45) is 2.70. The van der Waals surface area contributed by atoms with Gasteiger partial charge < -0.3 is 19.5 Å². The van der Waals surface area contributed by atoms with Crippen LogP contribution in [0, 0.1) is 11.8 Å². The zero-order valence-electron chi connectivity index (χ0n) is 20.1. The minimum absolute atomic E-state index is 0.0410. The number of rotatable bonds is 7. The Bertz CT molecular complexity index is 997. The first-order valence-corrected chi connectivity index (χ1v) is 12.6. The highest BCUT2D eigenvalue weighted by atomic mass is 35.5. The third-order valence-corrected chi connectivity index (χ3v) is 6.58. The van der Waals surface area contributed by atoms with Gasteiger partial charge in [-0.3, -0.25) is 9.69 Å². The predicted octanol–water partition coefficient (Wildman–Crippen LogP) is 5.10. The van der Waals surface area contributed by atoms with Crippen LogP contribution in [0.3, 0.4) is 0 Å². The molecule has 2 aromatic rings. The summed E-state index contributed by atoms with van der Waals surface area (Å²) < 4.78 is 11.6. The number of hydrogen-bond acceptors (Lipinski definition) is 5. The number of hydrogen-bond donors (Lipinski definition) is 1. The van der Waals surface area contributed by atoms with Crippen molar-refractivity contribution in [2.24, 2.45) is 11.8 Å². The van der Waals surface area contributed by atoms with E-state index in [2.05, 4.69) is 18.7 Å². The minimum atomic E-state index is -0.0410. The molecule has 2 aliphatic heterocycles. The van der Waals surface area contributed by atoms with Crippen molar-refractivity contribution in [3.63, 3.8) is 0 Å². The van der Waals surface area contributed by atoms with Gasteiger partial charge in [0.2, 0.25) is 5.91 Å². The Morgan fingerprint density at radius 1 is 1.18 bits per heavy atom. The second-order valence-corrected chi connectivity index (χ2v) is 10.2. The molecular weight excluding hydrogens is 452 g/mol. The molecule has 1 amide bonds. The molecule has 0 bridgehead atoms. The molecule has 2 aromatic carbocycles. The Morgan fingerprint density at radius 3 is 2.79 bits per heavy atom. The molecule has 2 heterocycles. The number of carbonyl (C=O) groups is 1. The number of piperidine rings is 1. The first-order chi connectivity index (χ1) is 16.4. The fraction of sp³-hybridized carbons (Fsp3) is 0.519. The molecule has 0 spiro atoms. The highest BCUT2D eigenvalue weighted by Crippen LogP contribution is 2.38. The molecule has 0 saturated carbocycles. The van der Waals surface area contributed by atoms with E-state index in [4.69, 9.17) is 21.1 Å². The maximum absolute atomic E-state index is 13.7. The molecule has 184 valence electrons. The van der Waals surface area contributed by atoms with Gasteiger partial charge in [0.1, 0.15) is 5.75 Å². The van der Waals surface area contributed by atoms with Gasteiger partial charge in [-0.15, -0.1) is 0 Å². The highest BCUT2D eigenvalue weighted by Gasteiger charge is 2.30. The van der Waals surface area contributed by atoms with Crippen molar-refractivity contribution in [2.75, 3.05) is 32.8 Å². The molecule has 4 rings (SSSR count). The van der Waals surface area contributed by atoms with Crippen LogP contribution in [-0.2, 0) is 17.9 Å². The van der Waals surface area contributed by atoms with E-state index in [9.17, 15) is 9.90 Å². The largest absolute Gasteiger partial charge is 0.508 e. The van der Waals surface area contributed by atoms with Crippen LogP contribution in [-0.4, -0.2) is 53.7 Å². The second-order valence-electron chi connectivity index (χ2n) is 9.81. The van der Waals surface area contributed by atoms with E-state index >= 15 is 0 Å². The zero-order chi connectivity index (χ0) is 24.1. The first-order valence-electron chi connectivity index (χ1n) is 12.3. The summed E-state index contributed by atoms with van der Waals surface area (Å²) in [7, 11) is 0. The molecule has 0 aliphatic carbocycles. The summed E-state index contributed by atoms with van der Waals surface area (Å²) >= 11 is 6.51. The number of ether oxygens (including phenoxy) is 2. The molecule has 0 radical (unpaired) electrons. The number of fused-ring (bicyclic) bond motifs is 1. The Balaban J connectivity index is 1.47. The number of halogens is 1. The molecule has 0 unspecified atom stereocenters. The lowest BCUT2D eigenvalue weighted by Crippen LogP contribution is -2.45. The molecule has 1 N–H and O–H groups in total. The van der Waals surface area contributed by atoms with Gasteiger partial charge in [0.15, 0.2) is 11.5 Å². The number of aromatic hydroxyl groups is 1. The molecule has 6 nitrogen and oxygen atoms in total. The van der Waals surface area contributed by atoms with E-state index in [1.54, 1.807) is 12.1 Å². The van der Waals surface area contributed by atoms with E-state index in [0.717, 1.165) is 50.0 Å². The fourth-order valence-corrected chi connectivity index (χ4v) is 5.13. The molecule has 1 saturated heterocycles. The van der Waals surface area contributed by atoms with E-state index in [1.165, 1.54) is 0 Å². The van der Waals surface area contributed by atoms with Crippen molar-refractivity contribution < 1.29 is 19.4 Å². The lowest BCUT2D eigenvalue weighted by atomic mass is 9.95. The number of carbonyl (C=O) groups excluding carboxylic acids is 1. The third kappa shape index (κ3) is 6.36. The summed E-state index contributed by atoms with van der Waals surface area (Å²) in [5.74, 6) is 2.04. The number of phenolic OH excluding ortho intramolecular Hbond substituents is 1. The van der Waals surface area contributed by atoms with Crippen LogP contribution in [0.15, 0.2) is 36.4 Å². The molecule has 2 aliphatic rings. The first kappa shape index (κ1) is 24.7. The van der Waals surface area contributed by atoms with E-state index in [-0.39, 0.29) is 17.6 Å². The van der Waals surface area contributed by atoms with Gasteiger partial charge in [-0.2, -0.15) is 0 Å². The predicted molar refractivity (Wildman–Crippen MR) is 133 cm³/mol. The van der Waals surface area contributed by atoms with Crippen molar-refractivity contribution in [1.29, 1.82) is 0 Å². The summed E-state index contributed by atoms with van der Waals surface area (Å²) in [6.45, 7) is 9.06. The van der Waals surface area contributed by atoms with E-state index < -0.39 is 0 Å². The molecule has 34 heavy (non-hydrogen) atoms. The molecule has 7 heteroatoms. The zero-order valence-corrected chi connectivity index (χ0v) is 20.9. The summed E-state index contributed by atoms with van der Waals surface area (Å²) in [4.78, 5) is 18.0. The van der Waals surface area contributed by atoms with Gasteiger partial charge in [0.25, 0.3) is 0 Å². The van der Waals surface area contributed by atoms with Crippen LogP contribution in [0.2, 0.25) is 5.02 Å². The quantitative estimate of drug-likeness (QED) is 0.589. The maximum Gasteiger partial charge on any atom is 0.227 e. The topological polar surface area (TPSA) is 62.2 Å². The van der Waals surface area contributed by atoms with Crippen LogP contribution in [0.1, 0.15) is 44.2 Å². The van der Waals surface area contributed by atoms with Crippen LogP contribution in [0.5, 0.6) is 17.2 Å². The van der Waals surface area contributed by atoms with Gasteiger partial charge >= 0.3 is 0 Å². The average molecular weight is 487 g/mol. The van der Waals surface area contributed by atoms with Crippen LogP contribution >= 0.6 is 11.6 Å². The lowest BCUT2D eigenvalue weighted by Gasteiger charge is -2.35. The van der Waals surface area contributed by atoms with Crippen molar-refractivity contribution in [3.05, 3.63) is 52.5 Å². The Morgan fingerprint density at radius 2 is 2.00 bits per heavy atom. The average Bonchev–Trinajstić information content (AvgIpc) is 3.04. The third-order valence-electron chi connectivity index (χ3n) is 6.30. The fourth-order valence-electron chi connectivity index (χ4n) is 4.84. The Hall–Kier alpha value is -2.44.